The van der Waals surface area contributed by atoms with Gasteiger partial charge in [0.1, 0.15) is 12.4 Å². The number of carbonyl (C=O) groups excluding carboxylic acids is 1. The van der Waals surface area contributed by atoms with Crippen LogP contribution in [0.5, 0.6) is 0 Å². The summed E-state index contributed by atoms with van der Waals surface area (Å²) in [7, 11) is 1.48. The highest BCUT2D eigenvalue weighted by Crippen LogP contribution is 2.45. The molecule has 2 N–H and O–H groups in total. The number of aromatic nitrogens is 2. The van der Waals surface area contributed by atoms with E-state index >= 15 is 0 Å². The summed E-state index contributed by atoms with van der Waals surface area (Å²) in [6.45, 7) is 2.40. The first-order valence-corrected chi connectivity index (χ1v) is 9.53. The number of carbonyl (C=O) groups is 1. The summed E-state index contributed by atoms with van der Waals surface area (Å²) >= 11 is 0. The van der Waals surface area contributed by atoms with Crippen LogP contribution in [0.2, 0.25) is 0 Å². The van der Waals surface area contributed by atoms with Crippen LogP contribution in [0.3, 0.4) is 0 Å². The zero-order valence-corrected chi connectivity index (χ0v) is 16.1. The molecule has 4 rings (SSSR count). The van der Waals surface area contributed by atoms with Gasteiger partial charge in [0, 0.05) is 51.0 Å². The normalized spacial score (nSPS) is 24.1. The largest absolute Gasteiger partial charge is 0.375 e. The van der Waals surface area contributed by atoms with Crippen LogP contribution in [0.1, 0.15) is 17.3 Å². The molecule has 2 aromatic rings. The Labute approximate surface area is 166 Å². The average Bonchev–Trinajstić information content (AvgIpc) is 3.18. The Morgan fingerprint density at radius 1 is 1.21 bits per heavy atom. The molecule has 0 radical (unpaired) electrons. The molecule has 0 bridgehead atoms. The number of amides is 1. The first kappa shape index (κ1) is 19.5. The zero-order chi connectivity index (χ0) is 20.5. The van der Waals surface area contributed by atoms with Crippen molar-refractivity contribution in [3.63, 3.8) is 0 Å². The van der Waals surface area contributed by atoms with E-state index in [1.807, 2.05) is 6.07 Å². The molecular formula is C20H23FN4O4. The number of nitrogens with zero attached hydrogens (tertiary/aromatic N) is 2. The number of hydrogen-bond donors (Lipinski definition) is 2. The monoisotopic (exact) mass is 402 g/mol. The molecule has 0 saturated carbocycles. The number of ether oxygens (including phenoxy) is 1. The van der Waals surface area contributed by atoms with Crippen molar-refractivity contribution in [3.8, 4) is 0 Å². The van der Waals surface area contributed by atoms with E-state index in [4.69, 9.17) is 4.74 Å². The predicted octanol–water partition coefficient (Wildman–Crippen LogP) is 0.480. The van der Waals surface area contributed by atoms with E-state index in [1.165, 1.54) is 25.3 Å². The van der Waals surface area contributed by atoms with Crippen molar-refractivity contribution in [2.45, 2.75) is 12.6 Å². The van der Waals surface area contributed by atoms with Gasteiger partial charge >= 0.3 is 5.69 Å². The lowest BCUT2D eigenvalue weighted by molar-refractivity contribution is -0.136. The summed E-state index contributed by atoms with van der Waals surface area (Å²) < 4.78 is 18.9. The Hall–Kier alpha value is -2.78. The summed E-state index contributed by atoms with van der Waals surface area (Å²) in [5.74, 6) is -0.0909. The van der Waals surface area contributed by atoms with Crippen molar-refractivity contribution in [1.82, 2.24) is 19.8 Å². The standard InChI is InChI=1S/C20H23FN4O4/c1-29-11-18(27)25-8-13-7-24(9-15-6-17(26)23-20(28)22-15)10-16(13)19(25)12-3-2-4-14(21)5-12/h2-6,13,16,19H,7-11H2,1H3,(H2,22,23,26,28)/t13-,16-,19+/m1/s1. The highest BCUT2D eigenvalue weighted by atomic mass is 19.1. The van der Waals surface area contributed by atoms with Crippen LogP contribution < -0.4 is 11.2 Å². The number of likely N-dealkylation sites (tertiary alicyclic amines) is 2. The average molecular weight is 402 g/mol. The van der Waals surface area contributed by atoms with Gasteiger partial charge in [0.2, 0.25) is 5.91 Å². The maximum Gasteiger partial charge on any atom is 0.325 e. The number of halogens is 1. The van der Waals surface area contributed by atoms with Crippen LogP contribution in [0, 0.1) is 17.7 Å². The van der Waals surface area contributed by atoms with Gasteiger partial charge in [0.05, 0.1) is 6.04 Å². The third kappa shape index (κ3) is 4.01. The molecule has 9 heteroatoms. The number of aromatic amines is 2. The number of benzene rings is 1. The quantitative estimate of drug-likeness (QED) is 0.758. The minimum atomic E-state index is -0.527. The number of fused-ring (bicyclic) bond motifs is 1. The maximum atomic E-state index is 13.9. The zero-order valence-electron chi connectivity index (χ0n) is 16.1. The van der Waals surface area contributed by atoms with Crippen LogP contribution in [0.25, 0.3) is 0 Å². The van der Waals surface area contributed by atoms with Crippen LogP contribution in [0.4, 0.5) is 4.39 Å². The Balaban J connectivity index is 1.57. The van der Waals surface area contributed by atoms with Gasteiger partial charge in [-0.1, -0.05) is 12.1 Å². The van der Waals surface area contributed by atoms with Gasteiger partial charge in [-0.05, 0) is 23.6 Å². The fraction of sp³-hybridized carbons (Fsp3) is 0.450. The number of rotatable bonds is 5. The summed E-state index contributed by atoms with van der Waals surface area (Å²) in [6, 6.07) is 7.53. The predicted molar refractivity (Wildman–Crippen MR) is 103 cm³/mol. The summed E-state index contributed by atoms with van der Waals surface area (Å²) in [5.41, 5.74) is 0.361. The number of nitrogens with one attached hydrogen (secondary N) is 2. The number of methoxy groups -OCH3 is 1. The van der Waals surface area contributed by atoms with Crippen LogP contribution >= 0.6 is 0 Å². The fourth-order valence-corrected chi connectivity index (χ4v) is 4.69. The Morgan fingerprint density at radius 3 is 2.76 bits per heavy atom. The van der Waals surface area contributed by atoms with E-state index in [-0.39, 0.29) is 36.2 Å². The second-order valence-electron chi connectivity index (χ2n) is 7.71. The molecule has 0 unspecified atom stereocenters. The molecule has 29 heavy (non-hydrogen) atoms. The topological polar surface area (TPSA) is 98.5 Å². The SMILES string of the molecule is COCC(=O)N1C[C@H]2CN(Cc3cc(=O)[nH]c(=O)[nH]3)C[C@H]2[C@@H]1c1cccc(F)c1. The van der Waals surface area contributed by atoms with Gasteiger partial charge in [-0.25, -0.2) is 9.18 Å². The molecule has 1 aromatic carbocycles. The van der Waals surface area contributed by atoms with Gasteiger partial charge in [-0.3, -0.25) is 19.5 Å². The molecule has 2 aliphatic heterocycles. The van der Waals surface area contributed by atoms with Gasteiger partial charge in [-0.15, -0.1) is 0 Å². The molecule has 2 saturated heterocycles. The minimum absolute atomic E-state index is 0.0109. The molecule has 2 fully saturated rings. The Morgan fingerprint density at radius 2 is 2.03 bits per heavy atom. The summed E-state index contributed by atoms with van der Waals surface area (Å²) in [6.07, 6.45) is 0. The number of H-pyrrole nitrogens is 2. The molecule has 3 atom stereocenters. The van der Waals surface area contributed by atoms with E-state index < -0.39 is 11.2 Å². The third-order valence-electron chi connectivity index (χ3n) is 5.73. The number of hydrogen-bond acceptors (Lipinski definition) is 5. The molecule has 154 valence electrons. The smallest absolute Gasteiger partial charge is 0.325 e. The van der Waals surface area contributed by atoms with E-state index in [2.05, 4.69) is 14.9 Å². The molecule has 1 amide bonds. The molecule has 0 aliphatic carbocycles. The maximum absolute atomic E-state index is 13.9. The van der Waals surface area contributed by atoms with Gasteiger partial charge in [0.15, 0.2) is 0 Å². The highest BCUT2D eigenvalue weighted by molar-refractivity contribution is 5.78. The van der Waals surface area contributed by atoms with E-state index in [9.17, 15) is 18.8 Å². The lowest BCUT2D eigenvalue weighted by Crippen LogP contribution is -2.37. The minimum Gasteiger partial charge on any atom is -0.375 e. The fourth-order valence-electron chi connectivity index (χ4n) is 4.69. The second kappa shape index (κ2) is 7.92. The van der Waals surface area contributed by atoms with Crippen LogP contribution in [0.15, 0.2) is 39.9 Å². The van der Waals surface area contributed by atoms with Crippen molar-refractivity contribution < 1.29 is 13.9 Å². The summed E-state index contributed by atoms with van der Waals surface area (Å²) in [4.78, 5) is 44.4. The molecule has 0 spiro atoms. The summed E-state index contributed by atoms with van der Waals surface area (Å²) in [5, 5.41) is 0. The molecule has 8 nitrogen and oxygen atoms in total. The molecule has 2 aliphatic rings. The van der Waals surface area contributed by atoms with E-state index in [0.29, 0.717) is 25.3 Å². The third-order valence-corrected chi connectivity index (χ3v) is 5.73. The lowest BCUT2D eigenvalue weighted by Gasteiger charge is -2.30. The van der Waals surface area contributed by atoms with Crippen molar-refractivity contribution in [2.75, 3.05) is 33.4 Å². The van der Waals surface area contributed by atoms with E-state index in [1.54, 1.807) is 11.0 Å². The highest BCUT2D eigenvalue weighted by Gasteiger charge is 2.48. The van der Waals surface area contributed by atoms with Crippen molar-refractivity contribution in [2.24, 2.45) is 11.8 Å². The van der Waals surface area contributed by atoms with Crippen LogP contribution in [-0.4, -0.2) is 59.0 Å². The molecule has 3 heterocycles. The van der Waals surface area contributed by atoms with Crippen molar-refractivity contribution in [3.05, 3.63) is 68.2 Å². The second-order valence-corrected chi connectivity index (χ2v) is 7.71. The molecule has 1 aromatic heterocycles. The van der Waals surface area contributed by atoms with Crippen molar-refractivity contribution >= 4 is 5.91 Å². The van der Waals surface area contributed by atoms with Gasteiger partial charge < -0.3 is 14.6 Å². The first-order valence-electron chi connectivity index (χ1n) is 9.53. The van der Waals surface area contributed by atoms with Gasteiger partial charge in [0.25, 0.3) is 5.56 Å². The van der Waals surface area contributed by atoms with Crippen LogP contribution in [-0.2, 0) is 16.1 Å². The first-order chi connectivity index (χ1) is 13.9. The Bertz CT molecular complexity index is 992. The van der Waals surface area contributed by atoms with E-state index in [0.717, 1.165) is 12.1 Å². The van der Waals surface area contributed by atoms with Crippen molar-refractivity contribution in [1.29, 1.82) is 0 Å². The Kier molecular flexibility index (Phi) is 5.33. The molecular weight excluding hydrogens is 379 g/mol. The lowest BCUT2D eigenvalue weighted by atomic mass is 9.89. The van der Waals surface area contributed by atoms with Gasteiger partial charge in [-0.2, -0.15) is 0 Å².